The molecule has 3 heterocycles. The molecule has 0 saturated carbocycles. The SMILES string of the molecule is Cc1cc(-c2nccn2C)nc2ccc(N3CCOCC3)cc12. The first kappa shape index (κ1) is 14.2. The smallest absolute Gasteiger partial charge is 0.158 e. The van der Waals surface area contributed by atoms with Crippen LogP contribution < -0.4 is 4.90 Å². The van der Waals surface area contributed by atoms with Crippen molar-refractivity contribution in [2.24, 2.45) is 7.05 Å². The lowest BCUT2D eigenvalue weighted by molar-refractivity contribution is 0.122. The van der Waals surface area contributed by atoms with Gasteiger partial charge in [-0.25, -0.2) is 9.97 Å². The van der Waals surface area contributed by atoms with Crippen LogP contribution in [0, 0.1) is 6.92 Å². The Balaban J connectivity index is 1.78. The molecule has 0 radical (unpaired) electrons. The zero-order chi connectivity index (χ0) is 15.8. The van der Waals surface area contributed by atoms with Gasteiger partial charge in [0.15, 0.2) is 5.82 Å². The average molecular weight is 308 g/mol. The van der Waals surface area contributed by atoms with E-state index in [9.17, 15) is 0 Å². The number of pyridine rings is 1. The van der Waals surface area contributed by atoms with Crippen molar-refractivity contribution in [3.63, 3.8) is 0 Å². The van der Waals surface area contributed by atoms with Gasteiger partial charge in [0, 0.05) is 43.6 Å². The maximum absolute atomic E-state index is 5.44. The number of benzene rings is 1. The van der Waals surface area contributed by atoms with Gasteiger partial charge < -0.3 is 14.2 Å². The summed E-state index contributed by atoms with van der Waals surface area (Å²) >= 11 is 0. The van der Waals surface area contributed by atoms with Gasteiger partial charge >= 0.3 is 0 Å². The van der Waals surface area contributed by atoms with Crippen LogP contribution in [0.5, 0.6) is 0 Å². The summed E-state index contributed by atoms with van der Waals surface area (Å²) in [6, 6.07) is 8.63. The second-order valence-corrected chi connectivity index (χ2v) is 5.99. The molecule has 1 aromatic carbocycles. The number of hydrogen-bond donors (Lipinski definition) is 0. The molecule has 5 heteroatoms. The van der Waals surface area contributed by atoms with Crippen molar-refractivity contribution >= 4 is 16.6 Å². The molecule has 0 spiro atoms. The van der Waals surface area contributed by atoms with E-state index in [4.69, 9.17) is 9.72 Å². The van der Waals surface area contributed by atoms with Crippen molar-refractivity contribution in [2.75, 3.05) is 31.2 Å². The number of morpholine rings is 1. The van der Waals surface area contributed by atoms with E-state index in [0.717, 1.165) is 43.3 Å². The van der Waals surface area contributed by atoms with E-state index in [0.29, 0.717) is 0 Å². The Kier molecular flexibility index (Phi) is 3.50. The number of aromatic nitrogens is 3. The number of aryl methyl sites for hydroxylation is 2. The maximum atomic E-state index is 5.44. The molecule has 23 heavy (non-hydrogen) atoms. The van der Waals surface area contributed by atoms with Crippen LogP contribution in [0.25, 0.3) is 22.4 Å². The first-order valence-electron chi connectivity index (χ1n) is 7.94. The normalized spacial score (nSPS) is 15.3. The van der Waals surface area contributed by atoms with Gasteiger partial charge in [-0.1, -0.05) is 0 Å². The zero-order valence-electron chi connectivity index (χ0n) is 13.5. The molecule has 1 aliphatic rings. The Morgan fingerprint density at radius 2 is 1.96 bits per heavy atom. The highest BCUT2D eigenvalue weighted by Gasteiger charge is 2.13. The van der Waals surface area contributed by atoms with Crippen molar-refractivity contribution in [3.05, 3.63) is 42.2 Å². The molecule has 1 fully saturated rings. The molecule has 1 saturated heterocycles. The molecular weight excluding hydrogens is 288 g/mol. The van der Waals surface area contributed by atoms with Gasteiger partial charge in [-0.2, -0.15) is 0 Å². The van der Waals surface area contributed by atoms with Crippen LogP contribution in [0.2, 0.25) is 0 Å². The lowest BCUT2D eigenvalue weighted by Crippen LogP contribution is -2.36. The monoisotopic (exact) mass is 308 g/mol. The van der Waals surface area contributed by atoms with Crippen molar-refractivity contribution in [1.29, 1.82) is 0 Å². The van der Waals surface area contributed by atoms with Crippen molar-refractivity contribution in [3.8, 4) is 11.5 Å². The summed E-state index contributed by atoms with van der Waals surface area (Å²) in [6.45, 7) is 5.63. The van der Waals surface area contributed by atoms with Gasteiger partial charge in [-0.15, -0.1) is 0 Å². The lowest BCUT2D eigenvalue weighted by Gasteiger charge is -2.29. The fourth-order valence-corrected chi connectivity index (χ4v) is 3.13. The Morgan fingerprint density at radius 3 is 2.70 bits per heavy atom. The molecule has 0 amide bonds. The fourth-order valence-electron chi connectivity index (χ4n) is 3.13. The lowest BCUT2D eigenvalue weighted by atomic mass is 10.1. The van der Waals surface area contributed by atoms with Crippen molar-refractivity contribution in [1.82, 2.24) is 14.5 Å². The Bertz CT molecular complexity index is 849. The van der Waals surface area contributed by atoms with E-state index in [1.54, 1.807) is 6.20 Å². The van der Waals surface area contributed by atoms with Crippen LogP contribution in [0.3, 0.4) is 0 Å². The van der Waals surface area contributed by atoms with Crippen molar-refractivity contribution < 1.29 is 4.74 Å². The molecule has 118 valence electrons. The Hall–Kier alpha value is -2.40. The quantitative estimate of drug-likeness (QED) is 0.730. The van der Waals surface area contributed by atoms with E-state index in [1.165, 1.54) is 16.6 Å². The van der Waals surface area contributed by atoms with E-state index < -0.39 is 0 Å². The number of nitrogens with zero attached hydrogens (tertiary/aromatic N) is 4. The zero-order valence-corrected chi connectivity index (χ0v) is 13.5. The molecule has 5 nitrogen and oxygen atoms in total. The van der Waals surface area contributed by atoms with E-state index in [1.807, 2.05) is 17.8 Å². The van der Waals surface area contributed by atoms with Crippen LogP contribution in [-0.4, -0.2) is 40.8 Å². The minimum Gasteiger partial charge on any atom is -0.378 e. The first-order chi connectivity index (χ1) is 11.2. The van der Waals surface area contributed by atoms with Gasteiger partial charge in [0.25, 0.3) is 0 Å². The minimum atomic E-state index is 0.799. The number of fused-ring (bicyclic) bond motifs is 1. The predicted molar refractivity (Wildman–Crippen MR) is 91.7 cm³/mol. The minimum absolute atomic E-state index is 0.799. The summed E-state index contributed by atoms with van der Waals surface area (Å²) in [6.07, 6.45) is 3.75. The second-order valence-electron chi connectivity index (χ2n) is 5.99. The summed E-state index contributed by atoms with van der Waals surface area (Å²) in [5, 5.41) is 1.20. The fraction of sp³-hybridized carbons (Fsp3) is 0.333. The molecule has 0 aliphatic carbocycles. The second kappa shape index (κ2) is 5.66. The molecule has 0 bridgehead atoms. The highest BCUT2D eigenvalue weighted by molar-refractivity contribution is 5.87. The predicted octanol–water partition coefficient (Wildman–Crippen LogP) is 2.78. The number of anilines is 1. The van der Waals surface area contributed by atoms with Crippen LogP contribution in [-0.2, 0) is 11.8 Å². The standard InChI is InChI=1S/C18H20N4O/c1-13-11-17(18-19-5-6-21(18)2)20-16-4-3-14(12-15(13)16)22-7-9-23-10-8-22/h3-6,11-12H,7-10H2,1-2H3. The molecule has 0 atom stereocenters. The summed E-state index contributed by atoms with van der Waals surface area (Å²) in [5.74, 6) is 0.896. The maximum Gasteiger partial charge on any atom is 0.158 e. The van der Waals surface area contributed by atoms with E-state index >= 15 is 0 Å². The first-order valence-corrected chi connectivity index (χ1v) is 7.94. The average Bonchev–Trinajstić information content (AvgIpc) is 3.01. The van der Waals surface area contributed by atoms with Crippen LogP contribution >= 0.6 is 0 Å². The molecule has 0 unspecified atom stereocenters. The Labute approximate surface area is 135 Å². The van der Waals surface area contributed by atoms with Crippen molar-refractivity contribution in [2.45, 2.75) is 6.92 Å². The van der Waals surface area contributed by atoms with Crippen LogP contribution in [0.4, 0.5) is 5.69 Å². The summed E-state index contributed by atoms with van der Waals surface area (Å²) in [5.41, 5.74) is 4.40. The van der Waals surface area contributed by atoms with Gasteiger partial charge in [-0.3, -0.25) is 0 Å². The number of rotatable bonds is 2. The third-order valence-corrected chi connectivity index (χ3v) is 4.43. The van der Waals surface area contributed by atoms with Crippen LogP contribution in [0.1, 0.15) is 5.56 Å². The molecule has 2 aromatic heterocycles. The van der Waals surface area contributed by atoms with Gasteiger partial charge in [0.05, 0.1) is 18.7 Å². The molecule has 4 rings (SSSR count). The summed E-state index contributed by atoms with van der Waals surface area (Å²) < 4.78 is 7.43. The van der Waals surface area contributed by atoms with E-state index in [2.05, 4.69) is 41.1 Å². The van der Waals surface area contributed by atoms with E-state index in [-0.39, 0.29) is 0 Å². The molecule has 3 aromatic rings. The number of ether oxygens (including phenoxy) is 1. The summed E-state index contributed by atoms with van der Waals surface area (Å²) in [4.78, 5) is 11.6. The molecular formula is C18H20N4O. The third kappa shape index (κ3) is 2.57. The summed E-state index contributed by atoms with van der Waals surface area (Å²) in [7, 11) is 1.99. The Morgan fingerprint density at radius 1 is 1.13 bits per heavy atom. The topological polar surface area (TPSA) is 43.2 Å². The van der Waals surface area contributed by atoms with Crippen LogP contribution in [0.15, 0.2) is 36.7 Å². The van der Waals surface area contributed by atoms with Gasteiger partial charge in [0.1, 0.15) is 5.69 Å². The van der Waals surface area contributed by atoms with Gasteiger partial charge in [-0.05, 0) is 36.8 Å². The third-order valence-electron chi connectivity index (χ3n) is 4.43. The molecule has 1 aliphatic heterocycles. The number of imidazole rings is 1. The number of hydrogen-bond acceptors (Lipinski definition) is 4. The molecule has 0 N–H and O–H groups in total. The highest BCUT2D eigenvalue weighted by atomic mass is 16.5. The largest absolute Gasteiger partial charge is 0.378 e. The van der Waals surface area contributed by atoms with Gasteiger partial charge in [0.2, 0.25) is 0 Å². The highest BCUT2D eigenvalue weighted by Crippen LogP contribution is 2.27.